The second-order valence-electron chi connectivity index (χ2n) is 3.23. The lowest BCUT2D eigenvalue weighted by Gasteiger charge is -2.07. The molecule has 14 heavy (non-hydrogen) atoms. The first-order valence-corrected chi connectivity index (χ1v) is 4.37. The quantitative estimate of drug-likeness (QED) is 0.650. The van der Waals surface area contributed by atoms with Crippen LogP contribution in [0.3, 0.4) is 0 Å². The van der Waals surface area contributed by atoms with Gasteiger partial charge in [0.05, 0.1) is 7.11 Å². The number of phenolic OH excluding ortho intramolecular Hbond substituents is 1. The Morgan fingerprint density at radius 3 is 3.07 bits per heavy atom. The molecule has 0 saturated heterocycles. The molecule has 1 aromatic carbocycles. The summed E-state index contributed by atoms with van der Waals surface area (Å²) in [6.07, 6.45) is 0.481. The molecule has 1 aromatic rings. The fraction of sp³-hybridized carbons (Fsp3) is 0.300. The van der Waals surface area contributed by atoms with Crippen LogP contribution in [0.25, 0.3) is 0 Å². The number of rotatable bonds is 1. The number of benzene rings is 1. The van der Waals surface area contributed by atoms with Gasteiger partial charge in [0.15, 0.2) is 0 Å². The maximum atomic E-state index is 11.2. The lowest BCUT2D eigenvalue weighted by molar-refractivity contribution is -0.141. The third-order valence-electron chi connectivity index (χ3n) is 2.37. The van der Waals surface area contributed by atoms with Gasteiger partial charge >= 0.3 is 5.97 Å². The van der Waals surface area contributed by atoms with Crippen LogP contribution in [-0.2, 0) is 16.0 Å². The van der Waals surface area contributed by atoms with Gasteiger partial charge in [0.1, 0.15) is 11.8 Å². The Kier molecular flexibility index (Phi) is 2.04. The summed E-state index contributed by atoms with van der Waals surface area (Å²) < 4.78 is 4.62. The fourth-order valence-corrected chi connectivity index (χ4v) is 1.65. The molecule has 0 aromatic heterocycles. The minimum atomic E-state index is -0.372. The number of nitrogens with one attached hydrogen (secondary N) is 1. The highest BCUT2D eigenvalue weighted by molar-refractivity contribution is 5.83. The summed E-state index contributed by atoms with van der Waals surface area (Å²) in [4.78, 5) is 11.2. The van der Waals surface area contributed by atoms with Crippen molar-refractivity contribution in [2.24, 2.45) is 0 Å². The summed E-state index contributed by atoms with van der Waals surface area (Å²) in [6, 6.07) is 4.81. The number of hydrogen-bond donors (Lipinski definition) is 2. The molecule has 0 spiro atoms. The SMILES string of the molecule is COC(=O)C1Cc2c(O)cccc2N1. The van der Waals surface area contributed by atoms with Gasteiger partial charge in [-0.05, 0) is 12.1 Å². The van der Waals surface area contributed by atoms with E-state index in [9.17, 15) is 9.90 Å². The molecular formula is C10H11NO3. The van der Waals surface area contributed by atoms with Crippen molar-refractivity contribution in [1.82, 2.24) is 0 Å². The van der Waals surface area contributed by atoms with Gasteiger partial charge in [-0.2, -0.15) is 0 Å². The van der Waals surface area contributed by atoms with Crippen LogP contribution >= 0.6 is 0 Å². The van der Waals surface area contributed by atoms with Crippen LogP contribution in [0.1, 0.15) is 5.56 Å². The summed E-state index contributed by atoms with van der Waals surface area (Å²) in [7, 11) is 1.35. The Morgan fingerprint density at radius 2 is 2.43 bits per heavy atom. The van der Waals surface area contributed by atoms with E-state index in [4.69, 9.17) is 0 Å². The molecule has 0 aliphatic carbocycles. The minimum absolute atomic E-state index is 0.224. The molecule has 1 heterocycles. The Labute approximate surface area is 81.5 Å². The highest BCUT2D eigenvalue weighted by atomic mass is 16.5. The first-order valence-electron chi connectivity index (χ1n) is 4.37. The molecule has 1 unspecified atom stereocenters. The average Bonchev–Trinajstić information content (AvgIpc) is 2.62. The second kappa shape index (κ2) is 3.21. The number of esters is 1. The molecule has 2 rings (SSSR count). The number of anilines is 1. The minimum Gasteiger partial charge on any atom is -0.508 e. The van der Waals surface area contributed by atoms with E-state index in [2.05, 4.69) is 10.1 Å². The van der Waals surface area contributed by atoms with Crippen LogP contribution in [0.15, 0.2) is 18.2 Å². The van der Waals surface area contributed by atoms with Gasteiger partial charge in [-0.25, -0.2) is 4.79 Å². The largest absolute Gasteiger partial charge is 0.508 e. The van der Waals surface area contributed by atoms with E-state index in [1.54, 1.807) is 12.1 Å². The standard InChI is InChI=1S/C10H11NO3/c1-14-10(13)8-5-6-7(11-8)3-2-4-9(6)12/h2-4,8,11-12H,5H2,1H3. The second-order valence-corrected chi connectivity index (χ2v) is 3.23. The molecule has 4 heteroatoms. The normalized spacial score (nSPS) is 18.5. The van der Waals surface area contributed by atoms with Crippen molar-refractivity contribution in [3.8, 4) is 5.75 Å². The van der Waals surface area contributed by atoms with E-state index < -0.39 is 0 Å². The molecule has 1 aliphatic rings. The highest BCUT2D eigenvalue weighted by Gasteiger charge is 2.28. The summed E-state index contributed by atoms with van der Waals surface area (Å²) in [5.41, 5.74) is 1.59. The zero-order valence-electron chi connectivity index (χ0n) is 7.78. The van der Waals surface area contributed by atoms with Crippen molar-refractivity contribution in [2.75, 3.05) is 12.4 Å². The number of aromatic hydroxyl groups is 1. The fourth-order valence-electron chi connectivity index (χ4n) is 1.65. The van der Waals surface area contributed by atoms with Gasteiger partial charge in [0.2, 0.25) is 0 Å². The third kappa shape index (κ3) is 1.28. The molecular weight excluding hydrogens is 182 g/mol. The third-order valence-corrected chi connectivity index (χ3v) is 2.37. The van der Waals surface area contributed by atoms with E-state index in [0.29, 0.717) is 6.42 Å². The molecule has 2 N–H and O–H groups in total. The van der Waals surface area contributed by atoms with Gasteiger partial charge in [-0.15, -0.1) is 0 Å². The molecule has 1 aliphatic heterocycles. The number of methoxy groups -OCH3 is 1. The zero-order valence-corrected chi connectivity index (χ0v) is 7.78. The first kappa shape index (κ1) is 8.87. The summed E-state index contributed by atoms with van der Waals surface area (Å²) in [5, 5.41) is 12.5. The van der Waals surface area contributed by atoms with E-state index in [0.717, 1.165) is 11.3 Å². The van der Waals surface area contributed by atoms with Crippen molar-refractivity contribution in [3.63, 3.8) is 0 Å². The molecule has 0 bridgehead atoms. The summed E-state index contributed by atoms with van der Waals surface area (Å²) >= 11 is 0. The van der Waals surface area contributed by atoms with Crippen LogP contribution in [0.4, 0.5) is 5.69 Å². The molecule has 0 fully saturated rings. The monoisotopic (exact) mass is 193 g/mol. The van der Waals surface area contributed by atoms with Crippen molar-refractivity contribution in [2.45, 2.75) is 12.5 Å². The van der Waals surface area contributed by atoms with E-state index in [1.165, 1.54) is 7.11 Å². The van der Waals surface area contributed by atoms with Gasteiger partial charge in [-0.3, -0.25) is 0 Å². The smallest absolute Gasteiger partial charge is 0.328 e. The Balaban J connectivity index is 2.26. The van der Waals surface area contributed by atoms with Crippen molar-refractivity contribution in [1.29, 1.82) is 0 Å². The molecule has 4 nitrogen and oxygen atoms in total. The molecule has 1 atom stereocenters. The molecule has 0 amide bonds. The maximum absolute atomic E-state index is 11.2. The average molecular weight is 193 g/mol. The number of carbonyl (C=O) groups is 1. The lowest BCUT2D eigenvalue weighted by Crippen LogP contribution is -2.27. The summed E-state index contributed by atoms with van der Waals surface area (Å²) in [5.74, 6) is -0.0815. The van der Waals surface area contributed by atoms with Crippen molar-refractivity contribution < 1.29 is 14.6 Å². The van der Waals surface area contributed by atoms with Gasteiger partial charge in [-0.1, -0.05) is 6.07 Å². The number of carbonyl (C=O) groups excluding carboxylic acids is 1. The molecule has 74 valence electrons. The van der Waals surface area contributed by atoms with E-state index >= 15 is 0 Å². The predicted octanol–water partition coefficient (Wildman–Crippen LogP) is 0.902. The van der Waals surface area contributed by atoms with Gasteiger partial charge < -0.3 is 15.2 Å². The Bertz CT molecular complexity index is 376. The molecule has 0 radical (unpaired) electrons. The van der Waals surface area contributed by atoms with Gasteiger partial charge in [0.25, 0.3) is 0 Å². The van der Waals surface area contributed by atoms with E-state index in [-0.39, 0.29) is 17.8 Å². The van der Waals surface area contributed by atoms with Crippen molar-refractivity contribution >= 4 is 11.7 Å². The number of hydrogen-bond acceptors (Lipinski definition) is 4. The van der Waals surface area contributed by atoms with Crippen LogP contribution in [0.5, 0.6) is 5.75 Å². The Hall–Kier alpha value is -1.71. The van der Waals surface area contributed by atoms with E-state index in [1.807, 2.05) is 6.07 Å². The molecule has 0 saturated carbocycles. The zero-order chi connectivity index (χ0) is 10.1. The summed E-state index contributed by atoms with van der Waals surface area (Å²) in [6.45, 7) is 0. The number of ether oxygens (including phenoxy) is 1. The van der Waals surface area contributed by atoms with Crippen LogP contribution < -0.4 is 5.32 Å². The lowest BCUT2D eigenvalue weighted by atomic mass is 10.1. The van der Waals surface area contributed by atoms with Crippen LogP contribution in [0, 0.1) is 0 Å². The predicted molar refractivity (Wildman–Crippen MR) is 51.2 cm³/mol. The van der Waals surface area contributed by atoms with Gasteiger partial charge in [0, 0.05) is 17.7 Å². The maximum Gasteiger partial charge on any atom is 0.328 e. The highest BCUT2D eigenvalue weighted by Crippen LogP contribution is 2.32. The van der Waals surface area contributed by atoms with Crippen LogP contribution in [0.2, 0.25) is 0 Å². The first-order chi connectivity index (χ1) is 6.72. The van der Waals surface area contributed by atoms with Crippen molar-refractivity contribution in [3.05, 3.63) is 23.8 Å². The number of fused-ring (bicyclic) bond motifs is 1. The van der Waals surface area contributed by atoms with Crippen LogP contribution in [-0.4, -0.2) is 24.2 Å². The Morgan fingerprint density at radius 1 is 1.64 bits per heavy atom. The number of phenols is 1. The topological polar surface area (TPSA) is 58.6 Å².